The highest BCUT2D eigenvalue weighted by atomic mass is 35.5. The molecule has 0 unspecified atom stereocenters. The number of halogens is 2. The van der Waals surface area contributed by atoms with Crippen molar-refractivity contribution in [2.75, 3.05) is 0 Å². The molecule has 0 saturated heterocycles. The number of benzene rings is 1. The lowest BCUT2D eigenvalue weighted by atomic mass is 10.0. The molecule has 132 valence electrons. The minimum absolute atomic E-state index is 0.344. The number of amides is 1. The number of pyridine rings is 1. The van der Waals surface area contributed by atoms with Gasteiger partial charge >= 0.3 is 0 Å². The van der Waals surface area contributed by atoms with E-state index in [0.717, 1.165) is 0 Å². The van der Waals surface area contributed by atoms with Crippen molar-refractivity contribution >= 4 is 34.8 Å². The van der Waals surface area contributed by atoms with Crippen molar-refractivity contribution in [3.63, 3.8) is 0 Å². The van der Waals surface area contributed by atoms with Gasteiger partial charge in [-0.25, -0.2) is 5.43 Å². The number of hydrogen-bond donors (Lipinski definition) is 1. The van der Waals surface area contributed by atoms with Crippen molar-refractivity contribution in [2.45, 2.75) is 13.8 Å². The molecule has 0 atom stereocenters. The van der Waals surface area contributed by atoms with Crippen molar-refractivity contribution in [1.29, 1.82) is 0 Å². The monoisotopic (exact) mass is 388 g/mol. The number of nitrogens with one attached hydrogen (secondary N) is 1. The molecule has 1 amide bonds. The van der Waals surface area contributed by atoms with Crippen molar-refractivity contribution in [3.05, 3.63) is 69.7 Å². The first kappa shape index (κ1) is 18.1. The first-order valence-electron chi connectivity index (χ1n) is 7.64. The zero-order valence-corrected chi connectivity index (χ0v) is 15.5. The number of carbonyl (C=O) groups excluding carboxylic acids is 1. The van der Waals surface area contributed by atoms with Crippen molar-refractivity contribution in [1.82, 2.24) is 15.6 Å². The number of aryl methyl sites for hydroxylation is 1. The molecule has 0 radical (unpaired) electrons. The van der Waals surface area contributed by atoms with Crippen molar-refractivity contribution < 1.29 is 9.32 Å². The highest BCUT2D eigenvalue weighted by Gasteiger charge is 2.20. The predicted molar refractivity (Wildman–Crippen MR) is 101 cm³/mol. The number of hydrazone groups is 1. The normalized spacial score (nSPS) is 11.5. The molecule has 0 aliphatic heterocycles. The maximum absolute atomic E-state index is 12.1. The third-order valence-electron chi connectivity index (χ3n) is 3.68. The fourth-order valence-electron chi connectivity index (χ4n) is 2.42. The van der Waals surface area contributed by atoms with E-state index in [4.69, 9.17) is 27.7 Å². The molecule has 8 heteroatoms. The lowest BCUT2D eigenvalue weighted by molar-refractivity contribution is 0.0954. The van der Waals surface area contributed by atoms with E-state index in [1.807, 2.05) is 0 Å². The highest BCUT2D eigenvalue weighted by Crippen LogP contribution is 2.33. The largest absolute Gasteiger partial charge is 0.360 e. The molecule has 0 fully saturated rings. The van der Waals surface area contributed by atoms with Crippen molar-refractivity contribution in [2.24, 2.45) is 5.10 Å². The van der Waals surface area contributed by atoms with E-state index < -0.39 is 0 Å². The Morgan fingerprint density at radius 2 is 1.92 bits per heavy atom. The van der Waals surface area contributed by atoms with Gasteiger partial charge < -0.3 is 4.52 Å². The van der Waals surface area contributed by atoms with Gasteiger partial charge in [-0.2, -0.15) is 5.10 Å². The van der Waals surface area contributed by atoms with Crippen LogP contribution in [0, 0.1) is 6.92 Å². The number of nitrogens with zero attached hydrogens (tertiary/aromatic N) is 3. The van der Waals surface area contributed by atoms with Gasteiger partial charge in [-0.05, 0) is 44.2 Å². The Morgan fingerprint density at radius 3 is 2.65 bits per heavy atom. The van der Waals surface area contributed by atoms with Crippen LogP contribution in [0.4, 0.5) is 0 Å². The van der Waals surface area contributed by atoms with Crippen LogP contribution in [0.2, 0.25) is 10.0 Å². The number of rotatable bonds is 4. The number of carbonyl (C=O) groups is 1. The number of aromatic nitrogens is 2. The van der Waals surface area contributed by atoms with Crippen LogP contribution in [0.5, 0.6) is 0 Å². The molecule has 2 heterocycles. The summed E-state index contributed by atoms with van der Waals surface area (Å²) in [5.74, 6) is 0.207. The van der Waals surface area contributed by atoms with E-state index in [-0.39, 0.29) is 5.91 Å². The molecular formula is C18H14Cl2N4O2. The topological polar surface area (TPSA) is 80.4 Å². The summed E-state index contributed by atoms with van der Waals surface area (Å²) < 4.78 is 5.30. The van der Waals surface area contributed by atoms with Gasteiger partial charge in [0.05, 0.1) is 16.3 Å². The molecule has 6 nitrogen and oxygen atoms in total. The Morgan fingerprint density at radius 1 is 1.19 bits per heavy atom. The molecule has 2 aromatic heterocycles. The summed E-state index contributed by atoms with van der Waals surface area (Å²) in [6, 6.07) is 8.28. The van der Waals surface area contributed by atoms with Crippen LogP contribution >= 0.6 is 23.2 Å². The molecule has 3 rings (SSSR count). The maximum Gasteiger partial charge on any atom is 0.271 e. The van der Waals surface area contributed by atoms with Gasteiger partial charge in [0.2, 0.25) is 0 Å². The maximum atomic E-state index is 12.1. The molecule has 0 bridgehead atoms. The van der Waals surface area contributed by atoms with Gasteiger partial charge in [0.15, 0.2) is 0 Å². The van der Waals surface area contributed by atoms with E-state index in [2.05, 4.69) is 20.7 Å². The lowest BCUT2D eigenvalue weighted by Crippen LogP contribution is -2.19. The fourth-order valence-corrected chi connectivity index (χ4v) is 2.80. The third kappa shape index (κ3) is 3.76. The Balaban J connectivity index is 1.93. The second kappa shape index (κ2) is 7.68. The SMILES string of the molecule is C/C(=N/NC(=O)c1ccncc1)c1c(-c2cc(Cl)ccc2Cl)noc1C. The van der Waals surface area contributed by atoms with Crippen LogP contribution < -0.4 is 5.43 Å². The summed E-state index contributed by atoms with van der Waals surface area (Å²) in [7, 11) is 0. The van der Waals surface area contributed by atoms with Gasteiger partial charge in [-0.3, -0.25) is 9.78 Å². The second-order valence-electron chi connectivity index (χ2n) is 5.46. The molecule has 1 N–H and O–H groups in total. The molecule has 1 aromatic carbocycles. The summed E-state index contributed by atoms with van der Waals surface area (Å²) in [5, 5.41) is 9.25. The summed E-state index contributed by atoms with van der Waals surface area (Å²) in [4.78, 5) is 16.0. The van der Waals surface area contributed by atoms with Gasteiger partial charge in [0.25, 0.3) is 5.91 Å². The smallest absolute Gasteiger partial charge is 0.271 e. The zero-order valence-electron chi connectivity index (χ0n) is 14.0. The molecule has 0 aliphatic rings. The van der Waals surface area contributed by atoms with E-state index in [1.165, 1.54) is 12.4 Å². The summed E-state index contributed by atoms with van der Waals surface area (Å²) in [6.45, 7) is 3.50. The fraction of sp³-hybridized carbons (Fsp3) is 0.111. The van der Waals surface area contributed by atoms with Gasteiger partial charge in [-0.1, -0.05) is 28.4 Å². The Kier molecular flexibility index (Phi) is 5.35. The average Bonchev–Trinajstić information content (AvgIpc) is 3.03. The first-order valence-corrected chi connectivity index (χ1v) is 8.39. The van der Waals surface area contributed by atoms with E-state index in [1.54, 1.807) is 44.2 Å². The Bertz CT molecular complexity index is 984. The van der Waals surface area contributed by atoms with E-state index in [9.17, 15) is 4.79 Å². The quantitative estimate of drug-likeness (QED) is 0.526. The lowest BCUT2D eigenvalue weighted by Gasteiger charge is -2.06. The highest BCUT2D eigenvalue weighted by molar-refractivity contribution is 6.35. The predicted octanol–water partition coefficient (Wildman–Crippen LogP) is 4.51. The molecule has 0 aliphatic carbocycles. The summed E-state index contributed by atoms with van der Waals surface area (Å²) in [6.07, 6.45) is 3.07. The van der Waals surface area contributed by atoms with Crippen LogP contribution in [0.15, 0.2) is 52.4 Å². The Labute approximate surface area is 159 Å². The first-order chi connectivity index (χ1) is 12.5. The third-order valence-corrected chi connectivity index (χ3v) is 4.24. The minimum Gasteiger partial charge on any atom is -0.360 e. The van der Waals surface area contributed by atoms with E-state index in [0.29, 0.717) is 43.9 Å². The van der Waals surface area contributed by atoms with Gasteiger partial charge in [0.1, 0.15) is 11.5 Å². The molecule has 0 saturated carbocycles. The number of hydrogen-bond acceptors (Lipinski definition) is 5. The van der Waals surface area contributed by atoms with Crippen molar-refractivity contribution in [3.8, 4) is 11.3 Å². The van der Waals surface area contributed by atoms with Gasteiger partial charge in [0, 0.05) is 28.5 Å². The molecule has 3 aromatic rings. The molecule has 0 spiro atoms. The summed E-state index contributed by atoms with van der Waals surface area (Å²) in [5.41, 5.74) is 5.27. The van der Waals surface area contributed by atoms with Gasteiger partial charge in [-0.15, -0.1) is 0 Å². The standard InChI is InChI=1S/C18H14Cl2N4O2/c1-10(22-23-18(25)12-5-7-21-8-6-12)16-11(2)26-24-17(16)14-9-13(19)3-4-15(14)20/h3-9H,1-2H3,(H,23,25)/b22-10-. The summed E-state index contributed by atoms with van der Waals surface area (Å²) >= 11 is 12.3. The van der Waals surface area contributed by atoms with Crippen LogP contribution in [0.25, 0.3) is 11.3 Å². The molecular weight excluding hydrogens is 375 g/mol. The second-order valence-corrected chi connectivity index (χ2v) is 6.30. The molecule has 26 heavy (non-hydrogen) atoms. The van der Waals surface area contributed by atoms with E-state index >= 15 is 0 Å². The van der Waals surface area contributed by atoms with Crippen LogP contribution in [0.3, 0.4) is 0 Å². The zero-order chi connectivity index (χ0) is 18.7. The van der Waals surface area contributed by atoms with Crippen LogP contribution in [0.1, 0.15) is 28.6 Å². The van der Waals surface area contributed by atoms with Crippen LogP contribution in [-0.2, 0) is 0 Å². The van der Waals surface area contributed by atoms with Crippen LogP contribution in [-0.4, -0.2) is 21.8 Å². The Hall–Kier alpha value is -2.70. The minimum atomic E-state index is -0.344. The average molecular weight is 389 g/mol.